The number of amides is 2. The predicted octanol–water partition coefficient (Wildman–Crippen LogP) is 3.75. The summed E-state index contributed by atoms with van der Waals surface area (Å²) in [6, 6.07) is 17.3. The van der Waals surface area contributed by atoms with Gasteiger partial charge in [0.05, 0.1) is 5.69 Å². The summed E-state index contributed by atoms with van der Waals surface area (Å²) in [4.78, 5) is 14.0. The number of rotatable bonds is 1. The third kappa shape index (κ3) is 2.36. The Hall–Kier alpha value is -2.55. The van der Waals surface area contributed by atoms with Crippen molar-refractivity contribution in [1.29, 1.82) is 0 Å². The Morgan fingerprint density at radius 3 is 2.58 bits per heavy atom. The van der Waals surface area contributed by atoms with E-state index < -0.39 is 0 Å². The molecule has 2 amide bonds. The van der Waals surface area contributed by atoms with Gasteiger partial charge in [0.1, 0.15) is 0 Å². The second-order valence-corrected chi connectivity index (χ2v) is 4.37. The molecule has 1 aliphatic rings. The zero-order valence-corrected chi connectivity index (χ0v) is 10.4. The van der Waals surface area contributed by atoms with E-state index in [4.69, 9.17) is 0 Å². The first-order chi connectivity index (χ1) is 9.34. The summed E-state index contributed by atoms with van der Waals surface area (Å²) in [6.45, 7) is 0.593. The minimum absolute atomic E-state index is 0.108. The fourth-order valence-corrected chi connectivity index (χ4v) is 2.16. The second kappa shape index (κ2) is 4.98. The van der Waals surface area contributed by atoms with Gasteiger partial charge in [0.15, 0.2) is 0 Å². The van der Waals surface area contributed by atoms with E-state index in [-0.39, 0.29) is 6.03 Å². The van der Waals surface area contributed by atoms with Gasteiger partial charge in [-0.05, 0) is 23.8 Å². The minimum Gasteiger partial charge on any atom is -0.308 e. The molecule has 3 nitrogen and oxygen atoms in total. The molecule has 0 radical (unpaired) electrons. The molecule has 94 valence electrons. The molecule has 0 bridgehead atoms. The van der Waals surface area contributed by atoms with Crippen molar-refractivity contribution in [2.75, 3.05) is 16.8 Å². The van der Waals surface area contributed by atoms with Gasteiger partial charge in [0, 0.05) is 12.2 Å². The molecule has 0 fully saturated rings. The van der Waals surface area contributed by atoms with Gasteiger partial charge >= 0.3 is 6.03 Å². The molecule has 0 aromatic heterocycles. The summed E-state index contributed by atoms with van der Waals surface area (Å²) in [6.07, 6.45) is 4.04. The number of hydrogen-bond acceptors (Lipinski definition) is 1. The Labute approximate surface area is 112 Å². The maximum Gasteiger partial charge on any atom is 0.326 e. The quantitative estimate of drug-likeness (QED) is 0.821. The number of carbonyl (C=O) groups is 1. The molecule has 0 unspecified atom stereocenters. The third-order valence-corrected chi connectivity index (χ3v) is 3.08. The maximum atomic E-state index is 12.3. The van der Waals surface area contributed by atoms with Gasteiger partial charge in [-0.2, -0.15) is 0 Å². The Morgan fingerprint density at radius 2 is 1.74 bits per heavy atom. The number of fused-ring (bicyclic) bond motifs is 1. The number of para-hydroxylation sites is 2. The lowest BCUT2D eigenvalue weighted by atomic mass is 10.1. The molecular weight excluding hydrogens is 236 g/mol. The lowest BCUT2D eigenvalue weighted by Crippen LogP contribution is -2.36. The first kappa shape index (κ1) is 11.5. The van der Waals surface area contributed by atoms with Crippen LogP contribution in [0.25, 0.3) is 6.08 Å². The maximum absolute atomic E-state index is 12.3. The van der Waals surface area contributed by atoms with Gasteiger partial charge in [-0.15, -0.1) is 0 Å². The first-order valence-corrected chi connectivity index (χ1v) is 6.24. The monoisotopic (exact) mass is 250 g/mol. The SMILES string of the molecule is O=C(Nc1ccccc1)N1CC=Cc2ccccc21. The average Bonchev–Trinajstić information content (AvgIpc) is 2.47. The number of nitrogens with zero attached hydrogens (tertiary/aromatic N) is 1. The van der Waals surface area contributed by atoms with E-state index in [2.05, 4.69) is 5.32 Å². The van der Waals surface area contributed by atoms with E-state index in [9.17, 15) is 4.79 Å². The van der Waals surface area contributed by atoms with Crippen molar-refractivity contribution in [3.8, 4) is 0 Å². The summed E-state index contributed by atoms with van der Waals surface area (Å²) < 4.78 is 0. The van der Waals surface area contributed by atoms with E-state index in [1.54, 1.807) is 4.90 Å². The van der Waals surface area contributed by atoms with E-state index >= 15 is 0 Å². The molecule has 2 aromatic rings. The van der Waals surface area contributed by atoms with Crippen LogP contribution < -0.4 is 10.2 Å². The van der Waals surface area contributed by atoms with E-state index in [0.717, 1.165) is 16.9 Å². The van der Waals surface area contributed by atoms with Crippen LogP contribution in [0.2, 0.25) is 0 Å². The molecule has 1 heterocycles. The zero-order valence-electron chi connectivity index (χ0n) is 10.4. The van der Waals surface area contributed by atoms with Crippen molar-refractivity contribution in [1.82, 2.24) is 0 Å². The topological polar surface area (TPSA) is 32.3 Å². The Balaban J connectivity index is 1.83. The molecule has 2 aromatic carbocycles. The lowest BCUT2D eigenvalue weighted by molar-refractivity contribution is 0.257. The van der Waals surface area contributed by atoms with Gasteiger partial charge in [0.2, 0.25) is 0 Å². The van der Waals surface area contributed by atoms with Crippen LogP contribution in [-0.2, 0) is 0 Å². The third-order valence-electron chi connectivity index (χ3n) is 3.08. The first-order valence-electron chi connectivity index (χ1n) is 6.24. The number of benzene rings is 2. The number of urea groups is 1. The van der Waals surface area contributed by atoms with Crippen LogP contribution in [0.4, 0.5) is 16.2 Å². The summed E-state index contributed by atoms with van der Waals surface area (Å²) in [5.41, 5.74) is 2.81. The molecule has 0 spiro atoms. The van der Waals surface area contributed by atoms with Crippen LogP contribution in [0.5, 0.6) is 0 Å². The molecule has 19 heavy (non-hydrogen) atoms. The van der Waals surface area contributed by atoms with E-state index in [0.29, 0.717) is 6.54 Å². The van der Waals surface area contributed by atoms with E-state index in [1.165, 1.54) is 0 Å². The van der Waals surface area contributed by atoms with Crippen molar-refractivity contribution >= 4 is 23.5 Å². The number of nitrogens with one attached hydrogen (secondary N) is 1. The van der Waals surface area contributed by atoms with Crippen molar-refractivity contribution in [2.45, 2.75) is 0 Å². The molecule has 0 saturated carbocycles. The fraction of sp³-hybridized carbons (Fsp3) is 0.0625. The van der Waals surface area contributed by atoms with Crippen LogP contribution in [-0.4, -0.2) is 12.6 Å². The van der Waals surface area contributed by atoms with Crippen molar-refractivity contribution < 1.29 is 4.79 Å². The minimum atomic E-state index is -0.108. The normalized spacial score (nSPS) is 12.9. The van der Waals surface area contributed by atoms with Gasteiger partial charge in [0.25, 0.3) is 0 Å². The van der Waals surface area contributed by atoms with Gasteiger partial charge in [-0.1, -0.05) is 48.6 Å². The number of anilines is 2. The van der Waals surface area contributed by atoms with Gasteiger partial charge in [-0.3, -0.25) is 4.90 Å². The smallest absolute Gasteiger partial charge is 0.308 e. The molecule has 1 aliphatic heterocycles. The summed E-state index contributed by atoms with van der Waals surface area (Å²) >= 11 is 0. The molecular formula is C16H14N2O. The highest BCUT2D eigenvalue weighted by Crippen LogP contribution is 2.25. The fourth-order valence-electron chi connectivity index (χ4n) is 2.16. The Bertz CT molecular complexity index is 620. The van der Waals surface area contributed by atoms with Crippen LogP contribution >= 0.6 is 0 Å². The molecule has 3 rings (SSSR count). The summed E-state index contributed by atoms with van der Waals surface area (Å²) in [5.74, 6) is 0. The standard InChI is InChI=1S/C16H14N2O/c19-16(17-14-9-2-1-3-10-14)18-12-6-8-13-7-4-5-11-15(13)18/h1-11H,12H2,(H,17,19). The van der Waals surface area contributed by atoms with E-state index in [1.807, 2.05) is 66.7 Å². The highest BCUT2D eigenvalue weighted by Gasteiger charge is 2.19. The molecule has 1 N–H and O–H groups in total. The Morgan fingerprint density at radius 1 is 1.00 bits per heavy atom. The van der Waals surface area contributed by atoms with Crippen LogP contribution in [0.1, 0.15) is 5.56 Å². The lowest BCUT2D eigenvalue weighted by Gasteiger charge is -2.26. The molecule has 0 saturated heterocycles. The van der Waals surface area contributed by atoms with Crippen LogP contribution in [0.3, 0.4) is 0 Å². The average molecular weight is 250 g/mol. The van der Waals surface area contributed by atoms with Crippen LogP contribution in [0.15, 0.2) is 60.7 Å². The van der Waals surface area contributed by atoms with Gasteiger partial charge in [-0.25, -0.2) is 4.79 Å². The Kier molecular flexibility index (Phi) is 3.02. The largest absolute Gasteiger partial charge is 0.326 e. The number of hydrogen-bond donors (Lipinski definition) is 1. The predicted molar refractivity (Wildman–Crippen MR) is 78.3 cm³/mol. The highest BCUT2D eigenvalue weighted by atomic mass is 16.2. The van der Waals surface area contributed by atoms with Gasteiger partial charge < -0.3 is 5.32 Å². The zero-order chi connectivity index (χ0) is 13.1. The summed E-state index contributed by atoms with van der Waals surface area (Å²) in [5, 5.41) is 2.91. The molecule has 0 atom stereocenters. The number of carbonyl (C=O) groups excluding carboxylic acids is 1. The van der Waals surface area contributed by atoms with Crippen molar-refractivity contribution in [2.24, 2.45) is 0 Å². The summed E-state index contributed by atoms with van der Waals surface area (Å²) in [7, 11) is 0. The van der Waals surface area contributed by atoms with Crippen LogP contribution in [0, 0.1) is 0 Å². The van der Waals surface area contributed by atoms with Crippen molar-refractivity contribution in [3.05, 3.63) is 66.2 Å². The highest BCUT2D eigenvalue weighted by molar-refractivity contribution is 6.03. The molecule has 0 aliphatic carbocycles. The molecule has 3 heteroatoms. The van der Waals surface area contributed by atoms with Crippen molar-refractivity contribution in [3.63, 3.8) is 0 Å². The second-order valence-electron chi connectivity index (χ2n) is 4.37.